The van der Waals surface area contributed by atoms with E-state index in [4.69, 9.17) is 0 Å². The Balaban J connectivity index is 1.74. The number of aryl methyl sites for hydroxylation is 1. The van der Waals surface area contributed by atoms with E-state index in [9.17, 15) is 9.90 Å². The van der Waals surface area contributed by atoms with Gasteiger partial charge in [0.2, 0.25) is 0 Å². The molecule has 1 heterocycles. The van der Waals surface area contributed by atoms with Crippen LogP contribution in [0.2, 0.25) is 0 Å². The van der Waals surface area contributed by atoms with Crippen molar-refractivity contribution in [2.24, 2.45) is 0 Å². The molecule has 106 valence electrons. The molecule has 0 aliphatic rings. The third-order valence-corrected chi connectivity index (χ3v) is 4.08. The summed E-state index contributed by atoms with van der Waals surface area (Å²) in [5.41, 5.74) is 2.09. The lowest BCUT2D eigenvalue weighted by atomic mass is 10.2. The summed E-state index contributed by atoms with van der Waals surface area (Å²) in [5, 5.41) is 17.4. The maximum absolute atomic E-state index is 11.6. The van der Waals surface area contributed by atoms with Crippen LogP contribution < -0.4 is 10.6 Å². The molecule has 0 aliphatic heterocycles. The number of aliphatic hydroxyl groups is 1. The predicted octanol–water partition coefficient (Wildman–Crippen LogP) is 2.59. The highest BCUT2D eigenvalue weighted by molar-refractivity contribution is 7.10. The molecule has 4 nitrogen and oxygen atoms in total. The van der Waals surface area contributed by atoms with Crippen LogP contribution in [0.1, 0.15) is 22.1 Å². The Labute approximate surface area is 122 Å². The van der Waals surface area contributed by atoms with Gasteiger partial charge in [-0.25, -0.2) is 4.79 Å². The topological polar surface area (TPSA) is 61.4 Å². The van der Waals surface area contributed by atoms with Crippen LogP contribution in [0, 0.1) is 6.92 Å². The molecule has 0 unspecified atom stereocenters. The summed E-state index contributed by atoms with van der Waals surface area (Å²) < 4.78 is 0. The number of carbonyl (C=O) groups is 1. The third-order valence-electron chi connectivity index (χ3n) is 2.96. The van der Waals surface area contributed by atoms with Crippen LogP contribution in [0.3, 0.4) is 0 Å². The zero-order valence-corrected chi connectivity index (χ0v) is 12.1. The number of carbonyl (C=O) groups excluding carboxylic acids is 1. The van der Waals surface area contributed by atoms with Gasteiger partial charge in [0.25, 0.3) is 0 Å². The molecular weight excluding hydrogens is 272 g/mol. The van der Waals surface area contributed by atoms with Crippen molar-refractivity contribution in [1.82, 2.24) is 10.6 Å². The Hall–Kier alpha value is -1.85. The van der Waals surface area contributed by atoms with Crippen LogP contribution in [-0.4, -0.2) is 17.7 Å². The minimum Gasteiger partial charge on any atom is -0.386 e. The Bertz CT molecular complexity index is 554. The molecule has 5 heteroatoms. The second kappa shape index (κ2) is 7.07. The van der Waals surface area contributed by atoms with Gasteiger partial charge in [-0.1, -0.05) is 30.3 Å². The van der Waals surface area contributed by atoms with Crippen molar-refractivity contribution in [3.63, 3.8) is 0 Å². The van der Waals surface area contributed by atoms with Crippen LogP contribution >= 0.6 is 11.3 Å². The van der Waals surface area contributed by atoms with Gasteiger partial charge in [0.15, 0.2) is 0 Å². The van der Waals surface area contributed by atoms with Gasteiger partial charge >= 0.3 is 6.03 Å². The number of rotatable bonds is 5. The summed E-state index contributed by atoms with van der Waals surface area (Å²) in [6.07, 6.45) is -0.655. The van der Waals surface area contributed by atoms with E-state index >= 15 is 0 Å². The van der Waals surface area contributed by atoms with Crippen molar-refractivity contribution >= 4 is 17.4 Å². The van der Waals surface area contributed by atoms with E-state index in [0.29, 0.717) is 6.54 Å². The Morgan fingerprint density at radius 1 is 1.25 bits per heavy atom. The van der Waals surface area contributed by atoms with Gasteiger partial charge in [0.1, 0.15) is 6.10 Å². The lowest BCUT2D eigenvalue weighted by molar-refractivity contribution is 0.176. The zero-order valence-electron chi connectivity index (χ0n) is 11.3. The first kappa shape index (κ1) is 14.6. The second-order valence-electron chi connectivity index (χ2n) is 4.53. The fraction of sp³-hybridized carbons (Fsp3) is 0.267. The molecule has 1 atom stereocenters. The van der Waals surface area contributed by atoms with Gasteiger partial charge in [-0.2, -0.15) is 0 Å². The molecule has 0 saturated carbocycles. The van der Waals surface area contributed by atoms with Crippen molar-refractivity contribution in [2.75, 3.05) is 6.54 Å². The lowest BCUT2D eigenvalue weighted by Crippen LogP contribution is -2.37. The highest BCUT2D eigenvalue weighted by Crippen LogP contribution is 2.22. The smallest absolute Gasteiger partial charge is 0.315 e. The largest absolute Gasteiger partial charge is 0.386 e. The minimum absolute atomic E-state index is 0.210. The highest BCUT2D eigenvalue weighted by Gasteiger charge is 2.12. The number of thiophene rings is 1. The second-order valence-corrected chi connectivity index (χ2v) is 5.48. The third kappa shape index (κ3) is 4.08. The standard InChI is InChI=1S/C15H18N2O2S/c1-11-7-8-20-14(11)13(18)10-17-15(19)16-9-12-5-3-2-4-6-12/h2-8,13,18H,9-10H2,1H3,(H2,16,17,19)/t13-/m0/s1. The van der Waals surface area contributed by atoms with Crippen molar-refractivity contribution in [1.29, 1.82) is 0 Å². The Kier molecular flexibility index (Phi) is 5.15. The number of benzene rings is 1. The number of urea groups is 1. The normalized spacial score (nSPS) is 11.9. The molecule has 20 heavy (non-hydrogen) atoms. The van der Waals surface area contributed by atoms with Crippen molar-refractivity contribution in [2.45, 2.75) is 19.6 Å². The van der Waals surface area contributed by atoms with E-state index in [0.717, 1.165) is 16.0 Å². The summed E-state index contributed by atoms with van der Waals surface area (Å²) in [6.45, 7) is 2.63. The van der Waals surface area contributed by atoms with Crippen LogP contribution in [0.4, 0.5) is 4.79 Å². The van der Waals surface area contributed by atoms with E-state index in [-0.39, 0.29) is 12.6 Å². The van der Waals surface area contributed by atoms with E-state index < -0.39 is 6.10 Å². The van der Waals surface area contributed by atoms with Crippen LogP contribution in [0.5, 0.6) is 0 Å². The summed E-state index contributed by atoms with van der Waals surface area (Å²) in [5.74, 6) is 0. The molecule has 0 spiro atoms. The summed E-state index contributed by atoms with van der Waals surface area (Å²) in [7, 11) is 0. The first-order chi connectivity index (χ1) is 9.66. The molecule has 2 rings (SSSR count). The molecule has 0 radical (unpaired) electrons. The summed E-state index contributed by atoms with van der Waals surface area (Å²) in [4.78, 5) is 12.5. The van der Waals surface area contributed by atoms with Crippen molar-refractivity contribution in [3.8, 4) is 0 Å². The SMILES string of the molecule is Cc1ccsc1[C@@H](O)CNC(=O)NCc1ccccc1. The molecule has 2 amide bonds. The van der Waals surface area contributed by atoms with E-state index in [1.54, 1.807) is 0 Å². The monoisotopic (exact) mass is 290 g/mol. The Morgan fingerprint density at radius 3 is 2.65 bits per heavy atom. The maximum atomic E-state index is 11.6. The molecule has 3 N–H and O–H groups in total. The van der Waals surface area contributed by atoms with Gasteiger partial charge in [0, 0.05) is 11.4 Å². The van der Waals surface area contributed by atoms with E-state index in [1.807, 2.05) is 48.7 Å². The highest BCUT2D eigenvalue weighted by atomic mass is 32.1. The van der Waals surface area contributed by atoms with Crippen LogP contribution in [-0.2, 0) is 6.54 Å². The van der Waals surface area contributed by atoms with Gasteiger partial charge in [-0.3, -0.25) is 0 Å². The predicted molar refractivity (Wildman–Crippen MR) is 80.7 cm³/mol. The number of nitrogens with one attached hydrogen (secondary N) is 2. The average Bonchev–Trinajstić information content (AvgIpc) is 2.90. The van der Waals surface area contributed by atoms with Gasteiger partial charge < -0.3 is 15.7 Å². The fourth-order valence-corrected chi connectivity index (χ4v) is 2.76. The molecular formula is C15H18N2O2S. The van der Waals surface area contributed by atoms with E-state index in [1.165, 1.54) is 11.3 Å². The molecule has 1 aromatic heterocycles. The average molecular weight is 290 g/mol. The Morgan fingerprint density at radius 2 is 2.00 bits per heavy atom. The van der Waals surface area contributed by atoms with Crippen LogP contribution in [0.25, 0.3) is 0 Å². The minimum atomic E-state index is -0.655. The zero-order chi connectivity index (χ0) is 14.4. The first-order valence-electron chi connectivity index (χ1n) is 6.44. The quantitative estimate of drug-likeness (QED) is 0.792. The summed E-state index contributed by atoms with van der Waals surface area (Å²) >= 11 is 1.50. The maximum Gasteiger partial charge on any atom is 0.315 e. The molecule has 0 fully saturated rings. The van der Waals surface area contributed by atoms with Gasteiger partial charge in [0.05, 0.1) is 6.54 Å². The molecule has 0 aliphatic carbocycles. The number of hydrogen-bond donors (Lipinski definition) is 3. The van der Waals surface area contributed by atoms with Crippen molar-refractivity contribution in [3.05, 3.63) is 57.8 Å². The molecule has 0 bridgehead atoms. The first-order valence-corrected chi connectivity index (χ1v) is 7.32. The van der Waals surface area contributed by atoms with Crippen molar-refractivity contribution < 1.29 is 9.90 Å². The number of amides is 2. The number of hydrogen-bond acceptors (Lipinski definition) is 3. The number of aliphatic hydroxyl groups excluding tert-OH is 1. The molecule has 1 aromatic carbocycles. The lowest BCUT2D eigenvalue weighted by Gasteiger charge is -2.12. The van der Waals surface area contributed by atoms with E-state index in [2.05, 4.69) is 10.6 Å². The van der Waals surface area contributed by atoms with Crippen LogP contribution in [0.15, 0.2) is 41.8 Å². The van der Waals surface area contributed by atoms with Gasteiger partial charge in [-0.05, 0) is 29.5 Å². The summed E-state index contributed by atoms with van der Waals surface area (Å²) in [6, 6.07) is 11.4. The fourth-order valence-electron chi connectivity index (χ4n) is 1.85. The molecule has 2 aromatic rings. The molecule has 0 saturated heterocycles. The van der Waals surface area contributed by atoms with Gasteiger partial charge in [-0.15, -0.1) is 11.3 Å².